The van der Waals surface area contributed by atoms with Crippen LogP contribution in [0.2, 0.25) is 0 Å². The third kappa shape index (κ3) is 2.89. The molecule has 1 nitrogen and oxygen atoms in total. The van der Waals surface area contributed by atoms with Crippen molar-refractivity contribution < 1.29 is 8.78 Å². The molecule has 0 unspecified atom stereocenters. The molecule has 1 aromatic rings. The van der Waals surface area contributed by atoms with Crippen LogP contribution in [0.4, 0.5) is 8.78 Å². The summed E-state index contributed by atoms with van der Waals surface area (Å²) in [5, 5.41) is 3.39. The highest BCUT2D eigenvalue weighted by Gasteiger charge is 2.29. The average Bonchev–Trinajstić information content (AvgIpc) is 3.07. The molecule has 0 saturated heterocycles. The van der Waals surface area contributed by atoms with Gasteiger partial charge in [-0.05, 0) is 49.8 Å². The molecule has 18 heavy (non-hydrogen) atoms. The standard InChI is InChI=1S/C15H21F2N/c1-10-4-7-12(16)13(14(10)17)15(2,3)8-9-18-11-5-6-11/h4,7,11,18H,5-6,8-9H2,1-3H3. The van der Waals surface area contributed by atoms with E-state index >= 15 is 0 Å². The molecule has 1 aliphatic rings. The molecule has 3 heteroatoms. The van der Waals surface area contributed by atoms with Crippen LogP contribution in [0.25, 0.3) is 0 Å². The van der Waals surface area contributed by atoms with E-state index in [1.54, 1.807) is 6.92 Å². The third-order valence-corrected chi connectivity index (χ3v) is 3.72. The van der Waals surface area contributed by atoms with Gasteiger partial charge in [-0.1, -0.05) is 19.9 Å². The summed E-state index contributed by atoms with van der Waals surface area (Å²) in [7, 11) is 0. The van der Waals surface area contributed by atoms with Crippen molar-refractivity contribution in [1.82, 2.24) is 5.32 Å². The Kier molecular flexibility index (Phi) is 3.71. The molecule has 1 aromatic carbocycles. The molecule has 0 aliphatic heterocycles. The minimum absolute atomic E-state index is 0.222. The second-order valence-corrected chi connectivity index (χ2v) is 5.92. The smallest absolute Gasteiger partial charge is 0.132 e. The van der Waals surface area contributed by atoms with Crippen molar-refractivity contribution in [3.8, 4) is 0 Å². The van der Waals surface area contributed by atoms with Crippen molar-refractivity contribution in [2.75, 3.05) is 6.54 Å². The minimum atomic E-state index is -0.484. The van der Waals surface area contributed by atoms with Gasteiger partial charge in [0.05, 0.1) is 0 Å². The Morgan fingerprint density at radius 1 is 1.28 bits per heavy atom. The van der Waals surface area contributed by atoms with Crippen molar-refractivity contribution in [1.29, 1.82) is 0 Å². The summed E-state index contributed by atoms with van der Waals surface area (Å²) in [5.74, 6) is -0.832. The zero-order valence-corrected chi connectivity index (χ0v) is 11.3. The van der Waals surface area contributed by atoms with Gasteiger partial charge in [-0.25, -0.2) is 8.78 Å². The highest BCUT2D eigenvalue weighted by atomic mass is 19.1. The van der Waals surface area contributed by atoms with Gasteiger partial charge in [-0.3, -0.25) is 0 Å². The fourth-order valence-electron chi connectivity index (χ4n) is 2.28. The van der Waals surface area contributed by atoms with E-state index in [0.717, 1.165) is 13.0 Å². The quantitative estimate of drug-likeness (QED) is 0.843. The molecular formula is C15H21F2N. The summed E-state index contributed by atoms with van der Waals surface area (Å²) in [6, 6.07) is 3.49. The maximum atomic E-state index is 14.1. The lowest BCUT2D eigenvalue weighted by Gasteiger charge is -2.27. The molecule has 0 atom stereocenters. The van der Waals surface area contributed by atoms with Crippen molar-refractivity contribution in [3.05, 3.63) is 34.9 Å². The number of halogens is 2. The minimum Gasteiger partial charge on any atom is -0.314 e. The lowest BCUT2D eigenvalue weighted by Crippen LogP contribution is -2.28. The van der Waals surface area contributed by atoms with Crippen molar-refractivity contribution in [2.24, 2.45) is 0 Å². The van der Waals surface area contributed by atoms with Gasteiger partial charge in [0.25, 0.3) is 0 Å². The summed E-state index contributed by atoms with van der Waals surface area (Å²) in [6.07, 6.45) is 3.20. The van der Waals surface area contributed by atoms with E-state index in [1.807, 2.05) is 13.8 Å². The van der Waals surface area contributed by atoms with E-state index < -0.39 is 17.0 Å². The monoisotopic (exact) mass is 253 g/mol. The number of benzene rings is 1. The third-order valence-electron chi connectivity index (χ3n) is 3.72. The van der Waals surface area contributed by atoms with Crippen LogP contribution in [0, 0.1) is 18.6 Å². The predicted octanol–water partition coefficient (Wildman–Crippen LogP) is 3.69. The normalized spacial score (nSPS) is 16.1. The van der Waals surface area contributed by atoms with Crippen LogP contribution >= 0.6 is 0 Å². The number of nitrogens with one attached hydrogen (secondary N) is 1. The summed E-state index contributed by atoms with van der Waals surface area (Å²) < 4.78 is 28.0. The number of aryl methyl sites for hydroxylation is 1. The van der Waals surface area contributed by atoms with Crippen molar-refractivity contribution in [3.63, 3.8) is 0 Å². The van der Waals surface area contributed by atoms with Gasteiger partial charge in [0.15, 0.2) is 0 Å². The predicted molar refractivity (Wildman–Crippen MR) is 69.8 cm³/mol. The SMILES string of the molecule is Cc1ccc(F)c(C(C)(C)CCNC2CC2)c1F. The highest BCUT2D eigenvalue weighted by Crippen LogP contribution is 2.32. The fraction of sp³-hybridized carbons (Fsp3) is 0.600. The summed E-state index contributed by atoms with van der Waals surface area (Å²) in [4.78, 5) is 0. The molecule has 1 fully saturated rings. The molecule has 0 bridgehead atoms. The van der Waals surface area contributed by atoms with Gasteiger partial charge in [0.1, 0.15) is 11.6 Å². The molecular weight excluding hydrogens is 232 g/mol. The lowest BCUT2D eigenvalue weighted by molar-refractivity contribution is 0.407. The Labute approximate surface area is 108 Å². The van der Waals surface area contributed by atoms with Crippen LogP contribution in [0.3, 0.4) is 0 Å². The highest BCUT2D eigenvalue weighted by molar-refractivity contribution is 5.32. The Morgan fingerprint density at radius 2 is 1.94 bits per heavy atom. The summed E-state index contributed by atoms with van der Waals surface area (Å²) in [6.45, 7) is 6.30. The van der Waals surface area contributed by atoms with Crippen molar-refractivity contribution in [2.45, 2.75) is 51.5 Å². The second-order valence-electron chi connectivity index (χ2n) is 5.92. The Morgan fingerprint density at radius 3 is 2.56 bits per heavy atom. The maximum absolute atomic E-state index is 14.1. The van der Waals surface area contributed by atoms with Crippen LogP contribution in [-0.2, 0) is 5.41 Å². The van der Waals surface area contributed by atoms with E-state index in [9.17, 15) is 8.78 Å². The zero-order valence-electron chi connectivity index (χ0n) is 11.3. The van der Waals surface area contributed by atoms with E-state index in [1.165, 1.54) is 25.0 Å². The molecule has 0 radical (unpaired) electrons. The van der Waals surface area contributed by atoms with Crippen LogP contribution in [0.1, 0.15) is 44.2 Å². The summed E-state index contributed by atoms with van der Waals surface area (Å²) in [5.41, 5.74) is 0.247. The molecule has 0 spiro atoms. The molecule has 0 amide bonds. The van der Waals surface area contributed by atoms with Crippen molar-refractivity contribution >= 4 is 0 Å². The van der Waals surface area contributed by atoms with E-state index in [0.29, 0.717) is 11.6 Å². The van der Waals surface area contributed by atoms with E-state index in [-0.39, 0.29) is 5.56 Å². The van der Waals surface area contributed by atoms with Gasteiger partial charge in [0, 0.05) is 11.6 Å². The Balaban J connectivity index is 2.13. The first-order valence-electron chi connectivity index (χ1n) is 6.60. The first-order chi connectivity index (χ1) is 8.42. The molecule has 0 aromatic heterocycles. The van der Waals surface area contributed by atoms with E-state index in [4.69, 9.17) is 0 Å². The molecule has 100 valence electrons. The molecule has 0 heterocycles. The average molecular weight is 253 g/mol. The van der Waals surface area contributed by atoms with Gasteiger partial charge in [-0.15, -0.1) is 0 Å². The largest absolute Gasteiger partial charge is 0.314 e. The van der Waals surface area contributed by atoms with Crippen LogP contribution in [0.15, 0.2) is 12.1 Å². The Bertz CT molecular complexity index is 436. The van der Waals surface area contributed by atoms with Gasteiger partial charge in [0.2, 0.25) is 0 Å². The molecule has 1 saturated carbocycles. The first-order valence-corrected chi connectivity index (χ1v) is 6.60. The van der Waals surface area contributed by atoms with Crippen LogP contribution in [0.5, 0.6) is 0 Å². The number of hydrogen-bond acceptors (Lipinski definition) is 1. The zero-order chi connectivity index (χ0) is 13.3. The second kappa shape index (κ2) is 4.96. The van der Waals surface area contributed by atoms with E-state index in [2.05, 4.69) is 5.32 Å². The van der Waals surface area contributed by atoms with Gasteiger partial charge < -0.3 is 5.32 Å². The molecule has 2 rings (SSSR count). The molecule has 1 N–H and O–H groups in total. The van der Waals surface area contributed by atoms with Gasteiger partial charge >= 0.3 is 0 Å². The Hall–Kier alpha value is -0.960. The first kappa shape index (κ1) is 13.5. The topological polar surface area (TPSA) is 12.0 Å². The molecule has 1 aliphatic carbocycles. The fourth-order valence-corrected chi connectivity index (χ4v) is 2.28. The van der Waals surface area contributed by atoms with Crippen LogP contribution < -0.4 is 5.32 Å². The maximum Gasteiger partial charge on any atom is 0.132 e. The van der Waals surface area contributed by atoms with Crippen LogP contribution in [-0.4, -0.2) is 12.6 Å². The number of hydrogen-bond donors (Lipinski definition) is 1. The number of rotatable bonds is 5. The van der Waals surface area contributed by atoms with Gasteiger partial charge in [-0.2, -0.15) is 0 Å². The lowest BCUT2D eigenvalue weighted by atomic mass is 9.80. The summed E-state index contributed by atoms with van der Waals surface area (Å²) >= 11 is 0.